The van der Waals surface area contributed by atoms with Gasteiger partial charge in [-0.05, 0) is 26.8 Å². The Morgan fingerprint density at radius 1 is 1.28 bits per heavy atom. The first-order valence-electron chi connectivity index (χ1n) is 5.91. The topological polar surface area (TPSA) is 43.1 Å². The van der Waals surface area contributed by atoms with Gasteiger partial charge in [0.15, 0.2) is 6.20 Å². The minimum absolute atomic E-state index is 0.127. The number of esters is 1. The van der Waals surface area contributed by atoms with E-state index in [1.807, 2.05) is 51.1 Å². The monoisotopic (exact) mass is 245 g/mol. The Balaban J connectivity index is 2.15. The van der Waals surface area contributed by atoms with E-state index >= 15 is 0 Å². The molecule has 18 heavy (non-hydrogen) atoms. The van der Waals surface area contributed by atoms with Crippen LogP contribution in [-0.2, 0) is 16.1 Å². The summed E-state index contributed by atoms with van der Waals surface area (Å²) in [6, 6.07) is 9.73. The van der Waals surface area contributed by atoms with Crippen molar-refractivity contribution in [2.24, 2.45) is 0 Å². The van der Waals surface area contributed by atoms with E-state index in [0.717, 1.165) is 10.9 Å². The summed E-state index contributed by atoms with van der Waals surface area (Å²) in [5.74, 6) is -0.282. The van der Waals surface area contributed by atoms with Crippen LogP contribution in [0.4, 0.5) is 0 Å². The molecule has 2 rings (SSSR count). The first-order chi connectivity index (χ1) is 8.44. The molecule has 0 aliphatic rings. The van der Waals surface area contributed by atoms with Gasteiger partial charge in [0.05, 0.1) is 0 Å². The molecule has 0 amide bonds. The van der Waals surface area contributed by atoms with Crippen LogP contribution in [0.3, 0.4) is 0 Å². The van der Waals surface area contributed by atoms with Crippen LogP contribution < -0.4 is 4.68 Å². The number of hydrogen-bond donors (Lipinski definition) is 0. The van der Waals surface area contributed by atoms with Crippen molar-refractivity contribution < 1.29 is 14.2 Å². The number of ether oxygens (including phenoxy) is 1. The van der Waals surface area contributed by atoms with E-state index < -0.39 is 5.60 Å². The lowest BCUT2D eigenvalue weighted by molar-refractivity contribution is -0.741. The number of rotatable bonds is 2. The van der Waals surface area contributed by atoms with Gasteiger partial charge in [0, 0.05) is 16.6 Å². The third-order valence-corrected chi connectivity index (χ3v) is 2.31. The zero-order valence-electron chi connectivity index (χ0n) is 10.9. The smallest absolute Gasteiger partial charge is 0.375 e. The number of hydrogen-bond acceptors (Lipinski definition) is 3. The fourth-order valence-corrected chi connectivity index (χ4v) is 1.65. The van der Waals surface area contributed by atoms with Crippen molar-refractivity contribution in [3.05, 3.63) is 36.5 Å². The molecule has 1 heterocycles. The Hall–Kier alpha value is -1.97. The van der Waals surface area contributed by atoms with E-state index in [0.29, 0.717) is 0 Å². The predicted octanol–water partition coefficient (Wildman–Crippen LogP) is 1.86. The summed E-state index contributed by atoms with van der Waals surface area (Å²) < 4.78 is 6.85. The molecular weight excluding hydrogens is 228 g/mol. The van der Waals surface area contributed by atoms with Gasteiger partial charge in [0.2, 0.25) is 0 Å². The van der Waals surface area contributed by atoms with Crippen molar-refractivity contribution in [3.63, 3.8) is 0 Å². The van der Waals surface area contributed by atoms with E-state index in [9.17, 15) is 4.79 Å². The SMILES string of the molecule is CC(C)(C)OC(=O)C[n+]1ccc2ccccc2n1. The lowest BCUT2D eigenvalue weighted by Crippen LogP contribution is -2.43. The van der Waals surface area contributed by atoms with Crippen molar-refractivity contribution >= 4 is 16.9 Å². The summed E-state index contributed by atoms with van der Waals surface area (Å²) in [6.07, 6.45) is 1.78. The molecule has 0 N–H and O–H groups in total. The molecule has 0 bridgehead atoms. The van der Waals surface area contributed by atoms with Crippen molar-refractivity contribution in [1.82, 2.24) is 5.10 Å². The number of benzene rings is 1. The summed E-state index contributed by atoms with van der Waals surface area (Å²) in [5, 5.41) is 5.41. The van der Waals surface area contributed by atoms with E-state index in [-0.39, 0.29) is 12.5 Å². The van der Waals surface area contributed by atoms with Crippen molar-refractivity contribution in [2.75, 3.05) is 0 Å². The van der Waals surface area contributed by atoms with Crippen LogP contribution in [0.1, 0.15) is 20.8 Å². The van der Waals surface area contributed by atoms with Crippen LogP contribution in [0.25, 0.3) is 10.9 Å². The van der Waals surface area contributed by atoms with E-state index in [4.69, 9.17) is 4.74 Å². The van der Waals surface area contributed by atoms with Gasteiger partial charge in [0.25, 0.3) is 6.54 Å². The Morgan fingerprint density at radius 3 is 2.72 bits per heavy atom. The Kier molecular flexibility index (Phi) is 3.28. The highest BCUT2D eigenvalue weighted by Gasteiger charge is 2.20. The summed E-state index contributed by atoms with van der Waals surface area (Å²) in [5.41, 5.74) is 0.401. The summed E-state index contributed by atoms with van der Waals surface area (Å²) >= 11 is 0. The molecule has 0 aliphatic heterocycles. The molecule has 0 spiro atoms. The first kappa shape index (κ1) is 12.5. The van der Waals surface area contributed by atoms with Crippen LogP contribution in [-0.4, -0.2) is 16.7 Å². The highest BCUT2D eigenvalue weighted by atomic mass is 16.6. The fraction of sp³-hybridized carbons (Fsp3) is 0.357. The molecule has 0 saturated heterocycles. The second-order valence-electron chi connectivity index (χ2n) is 5.16. The maximum absolute atomic E-state index is 11.7. The maximum atomic E-state index is 11.7. The lowest BCUT2D eigenvalue weighted by Gasteiger charge is -2.17. The fourth-order valence-electron chi connectivity index (χ4n) is 1.65. The number of nitrogens with zero attached hydrogens (tertiary/aromatic N) is 2. The second-order valence-corrected chi connectivity index (χ2v) is 5.16. The minimum atomic E-state index is -0.464. The largest absolute Gasteiger partial charge is 0.455 e. The van der Waals surface area contributed by atoms with Gasteiger partial charge in [-0.25, -0.2) is 4.79 Å². The number of carbonyl (C=O) groups excluding carboxylic acids is 1. The van der Waals surface area contributed by atoms with Gasteiger partial charge in [-0.1, -0.05) is 22.9 Å². The molecular formula is C14H17N2O2+. The summed E-state index contributed by atoms with van der Waals surface area (Å²) in [7, 11) is 0. The third kappa shape index (κ3) is 3.26. The third-order valence-electron chi connectivity index (χ3n) is 2.31. The summed E-state index contributed by atoms with van der Waals surface area (Å²) in [4.78, 5) is 11.7. The average Bonchev–Trinajstić information content (AvgIpc) is 2.26. The molecule has 4 heteroatoms. The zero-order chi connectivity index (χ0) is 13.2. The van der Waals surface area contributed by atoms with Gasteiger partial charge in [-0.2, -0.15) is 0 Å². The molecule has 4 nitrogen and oxygen atoms in total. The van der Waals surface area contributed by atoms with Crippen molar-refractivity contribution in [1.29, 1.82) is 0 Å². The molecule has 1 aromatic carbocycles. The molecule has 94 valence electrons. The molecule has 0 radical (unpaired) electrons. The van der Waals surface area contributed by atoms with Crippen LogP contribution >= 0.6 is 0 Å². The van der Waals surface area contributed by atoms with Crippen LogP contribution in [0.2, 0.25) is 0 Å². The number of fused-ring (bicyclic) bond motifs is 1. The molecule has 0 aliphatic carbocycles. The minimum Gasteiger partial charge on any atom is -0.455 e. The van der Waals surface area contributed by atoms with Crippen LogP contribution in [0.15, 0.2) is 36.5 Å². The van der Waals surface area contributed by atoms with E-state index in [2.05, 4.69) is 5.10 Å². The summed E-state index contributed by atoms with van der Waals surface area (Å²) in [6.45, 7) is 5.68. The number of aromatic nitrogens is 2. The molecule has 2 aromatic rings. The Labute approximate surface area is 106 Å². The number of carbonyl (C=O) groups is 1. The second kappa shape index (κ2) is 4.72. The first-order valence-corrected chi connectivity index (χ1v) is 5.91. The molecule has 0 atom stereocenters. The maximum Gasteiger partial charge on any atom is 0.375 e. The van der Waals surface area contributed by atoms with E-state index in [1.54, 1.807) is 10.9 Å². The van der Waals surface area contributed by atoms with Gasteiger partial charge >= 0.3 is 5.97 Å². The van der Waals surface area contributed by atoms with Gasteiger partial charge in [0.1, 0.15) is 11.1 Å². The molecule has 0 fully saturated rings. The molecule has 1 aromatic heterocycles. The quantitative estimate of drug-likeness (QED) is 0.599. The van der Waals surface area contributed by atoms with Gasteiger partial charge in [-0.15, -0.1) is 0 Å². The van der Waals surface area contributed by atoms with Crippen LogP contribution in [0.5, 0.6) is 0 Å². The molecule has 0 unspecified atom stereocenters. The van der Waals surface area contributed by atoms with Crippen LogP contribution in [0, 0.1) is 0 Å². The highest BCUT2D eigenvalue weighted by molar-refractivity contribution is 5.76. The van der Waals surface area contributed by atoms with E-state index in [1.165, 1.54) is 0 Å². The molecule has 0 saturated carbocycles. The predicted molar refractivity (Wildman–Crippen MR) is 67.8 cm³/mol. The normalized spacial score (nSPS) is 11.5. The zero-order valence-corrected chi connectivity index (χ0v) is 10.9. The Morgan fingerprint density at radius 2 is 2.00 bits per heavy atom. The van der Waals surface area contributed by atoms with Crippen molar-refractivity contribution in [3.8, 4) is 0 Å². The van der Waals surface area contributed by atoms with Gasteiger partial charge < -0.3 is 4.74 Å². The highest BCUT2D eigenvalue weighted by Crippen LogP contribution is 2.08. The Bertz CT molecular complexity index is 573. The lowest BCUT2D eigenvalue weighted by atomic mass is 10.2. The average molecular weight is 245 g/mol. The van der Waals surface area contributed by atoms with Gasteiger partial charge in [-0.3, -0.25) is 0 Å². The van der Waals surface area contributed by atoms with Crippen molar-refractivity contribution in [2.45, 2.75) is 32.9 Å². The standard InChI is InChI=1S/C14H17N2O2/c1-14(2,3)18-13(17)10-16-9-8-11-6-4-5-7-12(11)15-16/h4-9H,10H2,1-3H3/q+1.